The maximum absolute atomic E-state index is 11.6. The van der Waals surface area contributed by atoms with E-state index in [-0.39, 0.29) is 0 Å². The van der Waals surface area contributed by atoms with E-state index >= 15 is 0 Å². The number of carboxylic acid groups (broad SMARTS) is 2. The lowest BCUT2D eigenvalue weighted by Gasteiger charge is -2.38. The molecule has 1 atom stereocenters. The van der Waals surface area contributed by atoms with Crippen LogP contribution in [-0.2, 0) is 15.2 Å². The van der Waals surface area contributed by atoms with Gasteiger partial charge in [-0.05, 0) is 83.1 Å². The highest BCUT2D eigenvalue weighted by molar-refractivity contribution is 7.08. The summed E-state index contributed by atoms with van der Waals surface area (Å²) in [5.41, 5.74) is 3.87. The summed E-state index contributed by atoms with van der Waals surface area (Å²) >= 11 is 3.31. The van der Waals surface area contributed by atoms with Crippen molar-refractivity contribution >= 4 is 34.6 Å². The van der Waals surface area contributed by atoms with E-state index in [1.165, 1.54) is 30.4 Å². The van der Waals surface area contributed by atoms with Gasteiger partial charge in [0.15, 0.2) is 0 Å². The zero-order valence-electron chi connectivity index (χ0n) is 19.7. The molecule has 35 heavy (non-hydrogen) atoms. The van der Waals surface area contributed by atoms with Gasteiger partial charge in [0.05, 0.1) is 0 Å². The van der Waals surface area contributed by atoms with Crippen LogP contribution in [0.2, 0.25) is 0 Å². The second kappa shape index (κ2) is 12.8. The maximum Gasteiger partial charge on any atom is 0.328 e. The Labute approximate surface area is 213 Å². The van der Waals surface area contributed by atoms with Gasteiger partial charge in [-0.2, -0.15) is 22.7 Å². The summed E-state index contributed by atoms with van der Waals surface area (Å²) in [6.07, 6.45) is 5.58. The molecule has 0 spiro atoms. The Balaban J connectivity index is 0.000000371. The fraction of sp³-hybridized carbons (Fsp3) is 0.333. The number of piperidine rings is 1. The van der Waals surface area contributed by atoms with Gasteiger partial charge in [0.2, 0.25) is 0 Å². The van der Waals surface area contributed by atoms with E-state index in [0.29, 0.717) is 18.2 Å². The molecule has 0 aliphatic carbocycles. The van der Waals surface area contributed by atoms with Gasteiger partial charge in [-0.3, -0.25) is 4.90 Å². The maximum atomic E-state index is 11.6. The third-order valence-electron chi connectivity index (χ3n) is 6.20. The van der Waals surface area contributed by atoms with E-state index < -0.39 is 17.5 Å². The molecule has 3 N–H and O–H groups in total. The first-order valence-electron chi connectivity index (χ1n) is 11.5. The summed E-state index contributed by atoms with van der Waals surface area (Å²) in [7, 11) is 0. The van der Waals surface area contributed by atoms with Gasteiger partial charge in [-0.25, -0.2) is 9.59 Å². The second-order valence-electron chi connectivity index (χ2n) is 8.60. The first-order valence-corrected chi connectivity index (χ1v) is 13.4. The minimum atomic E-state index is -1.26. The minimum absolute atomic E-state index is 0.466. The Morgan fingerprint density at radius 2 is 1.54 bits per heavy atom. The van der Waals surface area contributed by atoms with Crippen LogP contribution in [0.15, 0.2) is 70.1 Å². The highest BCUT2D eigenvalue weighted by Gasteiger charge is 2.34. The van der Waals surface area contributed by atoms with E-state index in [4.69, 9.17) is 10.2 Å². The summed E-state index contributed by atoms with van der Waals surface area (Å²) in [6.45, 7) is 4.16. The third-order valence-corrected chi connectivity index (χ3v) is 7.57. The lowest BCUT2D eigenvalue weighted by Crippen LogP contribution is -2.38. The first-order chi connectivity index (χ1) is 16.8. The molecule has 6 nitrogen and oxygen atoms in total. The van der Waals surface area contributed by atoms with Crippen molar-refractivity contribution in [3.8, 4) is 0 Å². The van der Waals surface area contributed by atoms with Crippen LogP contribution < -0.4 is 0 Å². The number of thiophene rings is 2. The fourth-order valence-corrected chi connectivity index (χ4v) is 5.78. The molecule has 1 saturated heterocycles. The molecule has 0 radical (unpaired) electrons. The molecule has 3 heterocycles. The standard InChI is InChI=1S/C23H27NOS2.C4H4O4/c1-18-5-7-19(8-6-18)22-4-2-3-12-24(22)13-11-23(25,20-9-14-26-16-20)21-10-15-27-17-21;5-3(6)1-2-4(7)8/h5-10,14-17,22,25H,2-4,11-13H2,1H3;1-2H,(H,5,6)(H,7,8)/b;2-1+. The molecule has 1 aliphatic heterocycles. The van der Waals surface area contributed by atoms with E-state index in [0.717, 1.165) is 30.6 Å². The van der Waals surface area contributed by atoms with Crippen LogP contribution in [-0.4, -0.2) is 45.2 Å². The molecule has 2 aromatic heterocycles. The number of carboxylic acids is 2. The SMILES string of the molecule is Cc1ccc(C2CCCCN2CCC(O)(c2ccsc2)c2ccsc2)cc1.O=C(O)/C=C/C(=O)O. The van der Waals surface area contributed by atoms with Crippen molar-refractivity contribution in [2.45, 2.75) is 44.2 Å². The Morgan fingerprint density at radius 1 is 0.971 bits per heavy atom. The topological polar surface area (TPSA) is 98.1 Å². The van der Waals surface area contributed by atoms with Gasteiger partial charge in [0.25, 0.3) is 0 Å². The van der Waals surface area contributed by atoms with E-state index in [1.54, 1.807) is 22.7 Å². The predicted molar refractivity (Wildman–Crippen MR) is 140 cm³/mol. The van der Waals surface area contributed by atoms with Crippen LogP contribution in [0.3, 0.4) is 0 Å². The van der Waals surface area contributed by atoms with Crippen molar-refractivity contribution in [3.63, 3.8) is 0 Å². The van der Waals surface area contributed by atoms with Crippen molar-refractivity contribution in [2.24, 2.45) is 0 Å². The van der Waals surface area contributed by atoms with Gasteiger partial charge in [0, 0.05) is 24.7 Å². The molecular formula is C27H31NO5S2. The summed E-state index contributed by atoms with van der Waals surface area (Å²) in [5, 5.41) is 35.6. The molecule has 1 aromatic carbocycles. The van der Waals surface area contributed by atoms with Crippen molar-refractivity contribution in [1.29, 1.82) is 0 Å². The molecule has 4 rings (SSSR count). The Hall–Kier alpha value is -2.78. The lowest BCUT2D eigenvalue weighted by atomic mass is 9.85. The van der Waals surface area contributed by atoms with Crippen molar-refractivity contribution in [3.05, 3.63) is 92.3 Å². The van der Waals surface area contributed by atoms with Crippen LogP contribution in [0.5, 0.6) is 0 Å². The normalized spacial score (nSPS) is 16.6. The number of carbonyl (C=O) groups is 2. The van der Waals surface area contributed by atoms with Gasteiger partial charge in [0.1, 0.15) is 5.60 Å². The fourth-order valence-electron chi connectivity index (χ4n) is 4.33. The summed E-state index contributed by atoms with van der Waals surface area (Å²) in [6, 6.07) is 13.6. The second-order valence-corrected chi connectivity index (χ2v) is 10.2. The number of hydrogen-bond donors (Lipinski definition) is 3. The van der Waals surface area contributed by atoms with Crippen LogP contribution in [0.1, 0.15) is 54.0 Å². The van der Waals surface area contributed by atoms with Gasteiger partial charge in [-0.1, -0.05) is 36.2 Å². The number of aliphatic carboxylic acids is 2. The lowest BCUT2D eigenvalue weighted by molar-refractivity contribution is -0.134. The third kappa shape index (κ3) is 7.60. The average Bonchev–Trinajstić information content (AvgIpc) is 3.58. The van der Waals surface area contributed by atoms with E-state index in [2.05, 4.69) is 69.7 Å². The molecule has 8 heteroatoms. The number of hydrogen-bond acceptors (Lipinski definition) is 6. The Kier molecular flexibility index (Phi) is 9.80. The molecule has 0 amide bonds. The predicted octanol–water partition coefficient (Wildman–Crippen LogP) is 5.68. The number of likely N-dealkylation sites (tertiary alicyclic amines) is 1. The van der Waals surface area contributed by atoms with Crippen molar-refractivity contribution < 1.29 is 24.9 Å². The Morgan fingerprint density at radius 3 is 2.03 bits per heavy atom. The average molecular weight is 514 g/mol. The summed E-state index contributed by atoms with van der Waals surface area (Å²) in [4.78, 5) is 21.7. The first kappa shape index (κ1) is 26.8. The van der Waals surface area contributed by atoms with Crippen LogP contribution in [0, 0.1) is 6.92 Å². The molecule has 186 valence electrons. The van der Waals surface area contributed by atoms with Crippen LogP contribution in [0.25, 0.3) is 0 Å². The molecule has 1 fully saturated rings. The van der Waals surface area contributed by atoms with E-state index in [1.807, 2.05) is 0 Å². The molecule has 1 unspecified atom stereocenters. The molecule has 0 saturated carbocycles. The van der Waals surface area contributed by atoms with Crippen molar-refractivity contribution in [1.82, 2.24) is 4.90 Å². The van der Waals surface area contributed by atoms with Crippen LogP contribution in [0.4, 0.5) is 0 Å². The largest absolute Gasteiger partial charge is 0.478 e. The molecule has 1 aliphatic rings. The zero-order valence-corrected chi connectivity index (χ0v) is 21.3. The molecule has 0 bridgehead atoms. The zero-order chi connectivity index (χ0) is 25.3. The van der Waals surface area contributed by atoms with Gasteiger partial charge >= 0.3 is 11.9 Å². The van der Waals surface area contributed by atoms with E-state index in [9.17, 15) is 14.7 Å². The summed E-state index contributed by atoms with van der Waals surface area (Å²) in [5.74, 6) is -2.51. The monoisotopic (exact) mass is 513 g/mol. The van der Waals surface area contributed by atoms with Gasteiger partial charge < -0.3 is 15.3 Å². The minimum Gasteiger partial charge on any atom is -0.478 e. The quantitative estimate of drug-likeness (QED) is 0.335. The summed E-state index contributed by atoms with van der Waals surface area (Å²) < 4.78 is 0. The number of rotatable bonds is 8. The van der Waals surface area contributed by atoms with Crippen molar-refractivity contribution in [2.75, 3.05) is 13.1 Å². The van der Waals surface area contributed by atoms with Crippen LogP contribution >= 0.6 is 22.7 Å². The highest BCUT2D eigenvalue weighted by Crippen LogP contribution is 2.38. The molecular weight excluding hydrogens is 482 g/mol. The number of nitrogens with zero attached hydrogens (tertiary/aromatic N) is 1. The number of aryl methyl sites for hydroxylation is 1. The number of benzene rings is 1. The highest BCUT2D eigenvalue weighted by atomic mass is 32.1. The molecule has 3 aromatic rings. The number of aliphatic hydroxyl groups is 1. The Bertz CT molecular complexity index is 1040. The smallest absolute Gasteiger partial charge is 0.328 e. The van der Waals surface area contributed by atoms with Gasteiger partial charge in [-0.15, -0.1) is 0 Å².